The first kappa shape index (κ1) is 16.1. The third kappa shape index (κ3) is 5.90. The fourth-order valence-electron chi connectivity index (χ4n) is 2.11. The van der Waals surface area contributed by atoms with Gasteiger partial charge < -0.3 is 5.32 Å². The zero-order valence-electron chi connectivity index (χ0n) is 13.1. The van der Waals surface area contributed by atoms with Crippen molar-refractivity contribution >= 4 is 11.8 Å². The van der Waals surface area contributed by atoms with E-state index in [9.17, 15) is 0 Å². The SMILES string of the molecule is Cc1cncc(CSc2cccc(CNCC(C)C)c2)c1. The maximum Gasteiger partial charge on any atom is 0.0308 e. The molecule has 0 fully saturated rings. The van der Waals surface area contributed by atoms with Crippen LogP contribution in [-0.4, -0.2) is 11.5 Å². The largest absolute Gasteiger partial charge is 0.312 e. The number of rotatable bonds is 7. The molecule has 0 aliphatic heterocycles. The highest BCUT2D eigenvalue weighted by atomic mass is 32.2. The molecule has 0 unspecified atom stereocenters. The highest BCUT2D eigenvalue weighted by molar-refractivity contribution is 7.98. The molecule has 21 heavy (non-hydrogen) atoms. The van der Waals surface area contributed by atoms with E-state index in [1.807, 2.05) is 24.2 Å². The average molecular weight is 300 g/mol. The topological polar surface area (TPSA) is 24.9 Å². The van der Waals surface area contributed by atoms with Crippen LogP contribution in [0.1, 0.15) is 30.5 Å². The van der Waals surface area contributed by atoms with Crippen molar-refractivity contribution in [3.8, 4) is 0 Å². The normalized spacial score (nSPS) is 11.0. The predicted octanol–water partition coefficient (Wildman–Crippen LogP) is 4.43. The molecule has 0 amide bonds. The molecule has 0 aliphatic carbocycles. The van der Waals surface area contributed by atoms with E-state index in [0.29, 0.717) is 5.92 Å². The predicted molar refractivity (Wildman–Crippen MR) is 91.5 cm³/mol. The molecular weight excluding hydrogens is 276 g/mol. The van der Waals surface area contributed by atoms with Crippen LogP contribution in [0.3, 0.4) is 0 Å². The zero-order chi connectivity index (χ0) is 15.1. The molecule has 0 saturated carbocycles. The number of hydrogen-bond donors (Lipinski definition) is 1. The first-order valence-corrected chi connectivity index (χ1v) is 8.45. The summed E-state index contributed by atoms with van der Waals surface area (Å²) >= 11 is 1.87. The smallest absolute Gasteiger partial charge is 0.0308 e. The van der Waals surface area contributed by atoms with Gasteiger partial charge in [0.25, 0.3) is 0 Å². The number of nitrogens with one attached hydrogen (secondary N) is 1. The maximum absolute atomic E-state index is 4.25. The molecule has 1 aromatic heterocycles. The Bertz CT molecular complexity index is 567. The van der Waals surface area contributed by atoms with Crippen LogP contribution in [0, 0.1) is 12.8 Å². The molecule has 0 spiro atoms. The highest BCUT2D eigenvalue weighted by Crippen LogP contribution is 2.23. The number of nitrogens with zero attached hydrogens (tertiary/aromatic N) is 1. The molecule has 0 saturated heterocycles. The molecule has 0 radical (unpaired) electrons. The van der Waals surface area contributed by atoms with Crippen LogP contribution < -0.4 is 5.32 Å². The quantitative estimate of drug-likeness (QED) is 0.766. The van der Waals surface area contributed by atoms with E-state index >= 15 is 0 Å². The highest BCUT2D eigenvalue weighted by Gasteiger charge is 2.00. The van der Waals surface area contributed by atoms with Crippen LogP contribution in [0.25, 0.3) is 0 Å². The van der Waals surface area contributed by atoms with Crippen molar-refractivity contribution in [1.29, 1.82) is 0 Å². The lowest BCUT2D eigenvalue weighted by atomic mass is 10.2. The summed E-state index contributed by atoms with van der Waals surface area (Å²) in [4.78, 5) is 5.57. The summed E-state index contributed by atoms with van der Waals surface area (Å²) < 4.78 is 0. The Morgan fingerprint density at radius 1 is 1.14 bits per heavy atom. The van der Waals surface area contributed by atoms with Gasteiger partial charge in [-0.2, -0.15) is 0 Å². The minimum Gasteiger partial charge on any atom is -0.312 e. The molecule has 0 bridgehead atoms. The molecule has 2 nitrogen and oxygen atoms in total. The monoisotopic (exact) mass is 300 g/mol. The number of aryl methyl sites for hydroxylation is 1. The first-order chi connectivity index (χ1) is 10.1. The Hall–Kier alpha value is -1.32. The van der Waals surface area contributed by atoms with Gasteiger partial charge >= 0.3 is 0 Å². The van der Waals surface area contributed by atoms with Crippen LogP contribution >= 0.6 is 11.8 Å². The Balaban J connectivity index is 1.88. The van der Waals surface area contributed by atoms with Gasteiger partial charge in [0.1, 0.15) is 0 Å². The van der Waals surface area contributed by atoms with E-state index in [4.69, 9.17) is 0 Å². The van der Waals surface area contributed by atoms with Gasteiger partial charge in [0.15, 0.2) is 0 Å². The van der Waals surface area contributed by atoms with E-state index in [2.05, 4.69) is 61.4 Å². The second-order valence-corrected chi connectivity index (χ2v) is 6.88. The molecular formula is C18H24N2S. The summed E-state index contributed by atoms with van der Waals surface area (Å²) in [5.41, 5.74) is 3.85. The van der Waals surface area contributed by atoms with E-state index in [1.54, 1.807) is 0 Å². The molecule has 0 atom stereocenters. The summed E-state index contributed by atoms with van der Waals surface area (Å²) in [7, 11) is 0. The zero-order valence-corrected chi connectivity index (χ0v) is 13.9. The van der Waals surface area contributed by atoms with Gasteiger partial charge in [-0.15, -0.1) is 11.8 Å². The second kappa shape index (κ2) is 8.20. The molecule has 2 aromatic rings. The minimum absolute atomic E-state index is 0.691. The lowest BCUT2D eigenvalue weighted by Crippen LogP contribution is -2.18. The summed E-state index contributed by atoms with van der Waals surface area (Å²) in [6.07, 6.45) is 3.85. The van der Waals surface area contributed by atoms with Crippen LogP contribution in [-0.2, 0) is 12.3 Å². The average Bonchev–Trinajstić information content (AvgIpc) is 2.45. The van der Waals surface area contributed by atoms with Crippen molar-refractivity contribution in [2.75, 3.05) is 6.54 Å². The number of benzene rings is 1. The molecule has 0 aliphatic rings. The summed E-state index contributed by atoms with van der Waals surface area (Å²) in [6, 6.07) is 11.0. The van der Waals surface area contributed by atoms with E-state index in [0.717, 1.165) is 18.8 Å². The lowest BCUT2D eigenvalue weighted by molar-refractivity contribution is 0.552. The van der Waals surface area contributed by atoms with Crippen molar-refractivity contribution in [2.24, 2.45) is 5.92 Å². The van der Waals surface area contributed by atoms with Crippen molar-refractivity contribution in [2.45, 2.75) is 38.0 Å². The van der Waals surface area contributed by atoms with Crippen molar-refractivity contribution in [3.05, 3.63) is 59.4 Å². The second-order valence-electron chi connectivity index (χ2n) is 5.83. The third-order valence-corrected chi connectivity index (χ3v) is 4.18. The Labute approximate surface area is 132 Å². The number of thioether (sulfide) groups is 1. The molecule has 112 valence electrons. The van der Waals surface area contributed by atoms with Crippen molar-refractivity contribution in [1.82, 2.24) is 10.3 Å². The van der Waals surface area contributed by atoms with E-state index in [-0.39, 0.29) is 0 Å². The Morgan fingerprint density at radius 2 is 2.00 bits per heavy atom. The number of pyridine rings is 1. The minimum atomic E-state index is 0.691. The molecule has 1 heterocycles. The van der Waals surface area contributed by atoms with Gasteiger partial charge in [0.2, 0.25) is 0 Å². The van der Waals surface area contributed by atoms with Crippen molar-refractivity contribution in [3.63, 3.8) is 0 Å². The molecule has 1 aromatic carbocycles. The summed E-state index contributed by atoms with van der Waals surface area (Å²) in [6.45, 7) is 8.55. The van der Waals surface area contributed by atoms with E-state index in [1.165, 1.54) is 21.6 Å². The standard InChI is InChI=1S/C18H24N2S/c1-14(2)9-19-11-16-5-4-6-18(8-16)21-13-17-7-15(3)10-20-12-17/h4-8,10,12,14,19H,9,11,13H2,1-3H3. The number of aromatic nitrogens is 1. The van der Waals surface area contributed by atoms with Gasteiger partial charge in [-0.3, -0.25) is 4.98 Å². The van der Waals surface area contributed by atoms with Gasteiger partial charge in [-0.25, -0.2) is 0 Å². The Morgan fingerprint density at radius 3 is 2.76 bits per heavy atom. The molecule has 1 N–H and O–H groups in total. The van der Waals surface area contributed by atoms with Crippen LogP contribution in [0.4, 0.5) is 0 Å². The third-order valence-electron chi connectivity index (χ3n) is 3.12. The molecule has 3 heteroatoms. The summed E-state index contributed by atoms with van der Waals surface area (Å²) in [5, 5.41) is 3.49. The molecule has 2 rings (SSSR count). The maximum atomic E-state index is 4.25. The summed E-state index contributed by atoms with van der Waals surface area (Å²) in [5.74, 6) is 1.66. The fourth-order valence-corrected chi connectivity index (χ4v) is 3.01. The fraction of sp³-hybridized carbons (Fsp3) is 0.389. The van der Waals surface area contributed by atoms with Gasteiger partial charge in [-0.1, -0.05) is 32.0 Å². The van der Waals surface area contributed by atoms with Crippen LogP contribution in [0.5, 0.6) is 0 Å². The van der Waals surface area contributed by atoms with Gasteiger partial charge in [0, 0.05) is 29.6 Å². The van der Waals surface area contributed by atoms with Crippen molar-refractivity contribution < 1.29 is 0 Å². The number of hydrogen-bond acceptors (Lipinski definition) is 3. The van der Waals surface area contributed by atoms with Crippen LogP contribution in [0.15, 0.2) is 47.6 Å². The lowest BCUT2D eigenvalue weighted by Gasteiger charge is -2.09. The first-order valence-electron chi connectivity index (χ1n) is 7.46. The Kier molecular flexibility index (Phi) is 6.27. The van der Waals surface area contributed by atoms with Gasteiger partial charge in [-0.05, 0) is 48.2 Å². The van der Waals surface area contributed by atoms with E-state index < -0.39 is 0 Å². The van der Waals surface area contributed by atoms with Gasteiger partial charge in [0.05, 0.1) is 0 Å². The van der Waals surface area contributed by atoms with Crippen LogP contribution in [0.2, 0.25) is 0 Å².